The largest absolute Gasteiger partial charge is 0.272 e. The summed E-state index contributed by atoms with van der Waals surface area (Å²) in [6, 6.07) is 6.38. The Hall–Kier alpha value is -2.61. The van der Waals surface area contributed by atoms with Crippen LogP contribution in [0, 0.1) is 5.82 Å². The molecule has 3 rings (SSSR count). The van der Waals surface area contributed by atoms with Gasteiger partial charge in [0.25, 0.3) is 5.91 Å². The fourth-order valence-electron chi connectivity index (χ4n) is 2.35. The van der Waals surface area contributed by atoms with E-state index in [-0.39, 0.29) is 5.75 Å². The van der Waals surface area contributed by atoms with E-state index in [1.165, 1.54) is 23.9 Å². The lowest BCUT2D eigenvalue weighted by atomic mass is 10.3. The van der Waals surface area contributed by atoms with E-state index in [0.29, 0.717) is 16.1 Å². The molecule has 0 fully saturated rings. The molecular formula is C16H15FN4O2S. The minimum atomic E-state index is -2.79. The molecule has 1 aromatic carbocycles. The number of carbonyl (C=O) groups is 1. The molecule has 1 unspecified atom stereocenters. The van der Waals surface area contributed by atoms with Crippen molar-refractivity contribution in [1.82, 2.24) is 14.8 Å². The SMILES string of the molecule is CCS(=O)(=NC(C)=O)c1ccc2nn(-c3cncc(F)c3)cc2c1. The summed E-state index contributed by atoms with van der Waals surface area (Å²) in [4.78, 5) is 15.5. The van der Waals surface area contributed by atoms with Crippen molar-refractivity contribution in [1.29, 1.82) is 0 Å². The summed E-state index contributed by atoms with van der Waals surface area (Å²) in [6.07, 6.45) is 4.30. The zero-order chi connectivity index (χ0) is 17.3. The Balaban J connectivity index is 2.13. The maximum atomic E-state index is 13.3. The predicted molar refractivity (Wildman–Crippen MR) is 88.9 cm³/mol. The van der Waals surface area contributed by atoms with E-state index in [4.69, 9.17) is 0 Å². The summed E-state index contributed by atoms with van der Waals surface area (Å²) < 4.78 is 31.5. The van der Waals surface area contributed by atoms with E-state index < -0.39 is 21.5 Å². The van der Waals surface area contributed by atoms with Crippen LogP contribution in [0.15, 0.2) is 52.1 Å². The number of hydrogen-bond donors (Lipinski definition) is 0. The number of aromatic nitrogens is 3. The van der Waals surface area contributed by atoms with Gasteiger partial charge in [0, 0.05) is 35.2 Å². The zero-order valence-corrected chi connectivity index (χ0v) is 14.0. The number of nitrogens with zero attached hydrogens (tertiary/aromatic N) is 4. The Morgan fingerprint density at radius 3 is 2.79 bits per heavy atom. The minimum Gasteiger partial charge on any atom is -0.272 e. The Bertz CT molecular complexity index is 1050. The molecule has 0 saturated heterocycles. The van der Waals surface area contributed by atoms with Crippen LogP contribution in [0.5, 0.6) is 0 Å². The van der Waals surface area contributed by atoms with Crippen molar-refractivity contribution in [3.05, 3.63) is 48.7 Å². The first-order chi connectivity index (χ1) is 11.4. The molecule has 3 aromatic rings. The van der Waals surface area contributed by atoms with E-state index >= 15 is 0 Å². The number of rotatable bonds is 3. The average molecular weight is 346 g/mol. The quantitative estimate of drug-likeness (QED) is 0.730. The van der Waals surface area contributed by atoms with Gasteiger partial charge < -0.3 is 0 Å². The number of fused-ring (bicyclic) bond motifs is 1. The smallest absolute Gasteiger partial charge is 0.250 e. The highest BCUT2D eigenvalue weighted by atomic mass is 32.2. The van der Waals surface area contributed by atoms with Crippen molar-refractivity contribution in [3.8, 4) is 5.69 Å². The summed E-state index contributed by atoms with van der Waals surface area (Å²) in [5.41, 5.74) is 1.14. The van der Waals surface area contributed by atoms with E-state index in [1.54, 1.807) is 31.3 Å². The second-order valence-corrected chi connectivity index (χ2v) is 7.71. The first kappa shape index (κ1) is 16.3. The van der Waals surface area contributed by atoms with Crippen LogP contribution < -0.4 is 0 Å². The summed E-state index contributed by atoms with van der Waals surface area (Å²) in [5, 5.41) is 5.07. The third-order valence-electron chi connectivity index (χ3n) is 3.47. The van der Waals surface area contributed by atoms with Crippen LogP contribution in [0.1, 0.15) is 13.8 Å². The second-order valence-electron chi connectivity index (χ2n) is 5.20. The monoisotopic (exact) mass is 346 g/mol. The van der Waals surface area contributed by atoms with Gasteiger partial charge in [-0.25, -0.2) is 13.3 Å². The lowest BCUT2D eigenvalue weighted by molar-refractivity contribution is -0.115. The molecule has 8 heteroatoms. The predicted octanol–water partition coefficient (Wildman–Crippen LogP) is 2.95. The fourth-order valence-corrected chi connectivity index (χ4v) is 3.93. The van der Waals surface area contributed by atoms with Crippen LogP contribution in [0.4, 0.5) is 4.39 Å². The lowest BCUT2D eigenvalue weighted by Gasteiger charge is -2.06. The van der Waals surface area contributed by atoms with E-state index in [2.05, 4.69) is 14.4 Å². The fraction of sp³-hybridized carbons (Fsp3) is 0.188. The van der Waals surface area contributed by atoms with Crippen molar-refractivity contribution in [2.45, 2.75) is 18.7 Å². The molecular weight excluding hydrogens is 331 g/mol. The van der Waals surface area contributed by atoms with E-state index in [9.17, 15) is 13.4 Å². The topological polar surface area (TPSA) is 77.2 Å². The summed E-state index contributed by atoms with van der Waals surface area (Å²) in [7, 11) is -2.79. The highest BCUT2D eigenvalue weighted by molar-refractivity contribution is 7.93. The van der Waals surface area contributed by atoms with Crippen LogP contribution in [-0.4, -0.2) is 30.6 Å². The maximum absolute atomic E-state index is 13.3. The molecule has 0 aliphatic heterocycles. The van der Waals surface area contributed by atoms with Gasteiger partial charge in [0.1, 0.15) is 5.82 Å². The molecule has 0 N–H and O–H groups in total. The summed E-state index contributed by atoms with van der Waals surface area (Å²) >= 11 is 0. The molecule has 124 valence electrons. The Morgan fingerprint density at radius 1 is 1.33 bits per heavy atom. The molecule has 0 bridgehead atoms. The zero-order valence-electron chi connectivity index (χ0n) is 13.1. The Kier molecular flexibility index (Phi) is 4.15. The number of hydrogen-bond acceptors (Lipinski definition) is 4. The molecule has 0 radical (unpaired) electrons. The van der Waals surface area contributed by atoms with Crippen molar-refractivity contribution < 1.29 is 13.4 Å². The van der Waals surface area contributed by atoms with Crippen molar-refractivity contribution in [3.63, 3.8) is 0 Å². The third-order valence-corrected chi connectivity index (χ3v) is 5.79. The molecule has 1 atom stereocenters. The maximum Gasteiger partial charge on any atom is 0.250 e. The van der Waals surface area contributed by atoms with E-state index in [1.807, 2.05) is 0 Å². The highest BCUT2D eigenvalue weighted by Gasteiger charge is 2.14. The van der Waals surface area contributed by atoms with Crippen molar-refractivity contribution >= 4 is 26.5 Å². The van der Waals surface area contributed by atoms with Gasteiger partial charge in [0.15, 0.2) is 0 Å². The summed E-state index contributed by atoms with van der Waals surface area (Å²) in [5.74, 6) is -0.689. The van der Waals surface area contributed by atoms with Crippen LogP contribution in [0.2, 0.25) is 0 Å². The molecule has 0 aliphatic rings. The van der Waals surface area contributed by atoms with Crippen LogP contribution in [0.25, 0.3) is 16.6 Å². The first-order valence-corrected chi connectivity index (χ1v) is 8.95. The van der Waals surface area contributed by atoms with Gasteiger partial charge in [-0.05, 0) is 18.2 Å². The van der Waals surface area contributed by atoms with Gasteiger partial charge in [-0.3, -0.25) is 9.78 Å². The van der Waals surface area contributed by atoms with Crippen LogP contribution in [0.3, 0.4) is 0 Å². The standard InChI is InChI=1S/C16H15FN4O2S/c1-3-24(23,20-11(2)22)15-4-5-16-12(6-15)10-21(19-16)14-7-13(17)8-18-9-14/h4-10H,3H2,1-2H3. The number of halogens is 1. The Labute approximate surface area is 138 Å². The number of carbonyl (C=O) groups excluding carboxylic acids is 1. The summed E-state index contributed by atoms with van der Waals surface area (Å²) in [6.45, 7) is 3.00. The van der Waals surface area contributed by atoms with Crippen LogP contribution in [-0.2, 0) is 14.5 Å². The van der Waals surface area contributed by atoms with Crippen LogP contribution >= 0.6 is 0 Å². The number of benzene rings is 1. The molecule has 6 nitrogen and oxygen atoms in total. The first-order valence-electron chi connectivity index (χ1n) is 7.27. The van der Waals surface area contributed by atoms with Crippen molar-refractivity contribution in [2.24, 2.45) is 4.36 Å². The van der Waals surface area contributed by atoms with Crippen molar-refractivity contribution in [2.75, 3.05) is 5.75 Å². The van der Waals surface area contributed by atoms with Gasteiger partial charge >= 0.3 is 0 Å². The molecule has 0 spiro atoms. The highest BCUT2D eigenvalue weighted by Crippen LogP contribution is 2.22. The second kappa shape index (κ2) is 6.12. The molecule has 2 aromatic heterocycles. The third kappa shape index (κ3) is 3.05. The minimum absolute atomic E-state index is 0.236. The molecule has 24 heavy (non-hydrogen) atoms. The average Bonchev–Trinajstić information content (AvgIpc) is 2.97. The lowest BCUT2D eigenvalue weighted by Crippen LogP contribution is -2.06. The van der Waals surface area contributed by atoms with Gasteiger partial charge in [0.05, 0.1) is 33.3 Å². The van der Waals surface area contributed by atoms with Gasteiger partial charge in [0.2, 0.25) is 0 Å². The Morgan fingerprint density at radius 2 is 2.12 bits per heavy atom. The van der Waals surface area contributed by atoms with Gasteiger partial charge in [-0.15, -0.1) is 0 Å². The van der Waals surface area contributed by atoms with Gasteiger partial charge in [-0.1, -0.05) is 6.92 Å². The van der Waals surface area contributed by atoms with E-state index in [0.717, 1.165) is 11.6 Å². The number of amides is 1. The molecule has 0 saturated carbocycles. The van der Waals surface area contributed by atoms with Gasteiger partial charge in [-0.2, -0.15) is 9.46 Å². The molecule has 2 heterocycles. The number of pyridine rings is 1. The molecule has 0 aliphatic carbocycles. The molecule has 1 amide bonds. The normalized spacial score (nSPS) is 13.6.